The molecule has 2 aromatic rings. The molecule has 0 atom stereocenters. The third-order valence-electron chi connectivity index (χ3n) is 2.18. The zero-order chi connectivity index (χ0) is 13.0. The van der Waals surface area contributed by atoms with Gasteiger partial charge < -0.3 is 9.47 Å². The van der Waals surface area contributed by atoms with E-state index in [-0.39, 0.29) is 0 Å². The molecule has 0 aliphatic rings. The number of benzene rings is 1. The molecule has 2 rings (SSSR count). The van der Waals surface area contributed by atoms with E-state index < -0.39 is 5.97 Å². The topological polar surface area (TPSA) is 48.4 Å². The zero-order valence-electron chi connectivity index (χ0n) is 9.59. The van der Waals surface area contributed by atoms with Crippen molar-refractivity contribution in [3.63, 3.8) is 0 Å². The van der Waals surface area contributed by atoms with Crippen LogP contribution in [0.1, 0.15) is 10.4 Å². The molecule has 0 spiro atoms. The van der Waals surface area contributed by atoms with Crippen LogP contribution in [0, 0.1) is 0 Å². The number of methoxy groups -OCH3 is 1. The summed E-state index contributed by atoms with van der Waals surface area (Å²) in [7, 11) is 1.32. The van der Waals surface area contributed by atoms with Gasteiger partial charge in [-0.1, -0.05) is 17.7 Å². The Bertz CT molecular complexity index is 554. The highest BCUT2D eigenvalue weighted by atomic mass is 35.5. The molecule has 0 aliphatic heterocycles. The van der Waals surface area contributed by atoms with Gasteiger partial charge in [0.1, 0.15) is 5.75 Å². The molecular weight excluding hydrogens is 254 g/mol. The lowest BCUT2D eigenvalue weighted by Crippen LogP contribution is -2.01. The highest BCUT2D eigenvalue weighted by molar-refractivity contribution is 6.30. The Labute approximate surface area is 109 Å². The van der Waals surface area contributed by atoms with Crippen LogP contribution >= 0.6 is 11.6 Å². The van der Waals surface area contributed by atoms with Crippen LogP contribution in [-0.4, -0.2) is 18.1 Å². The lowest BCUT2D eigenvalue weighted by Gasteiger charge is -2.05. The van der Waals surface area contributed by atoms with E-state index >= 15 is 0 Å². The molecule has 92 valence electrons. The second kappa shape index (κ2) is 5.51. The van der Waals surface area contributed by atoms with E-state index in [0.717, 1.165) is 0 Å². The van der Waals surface area contributed by atoms with Gasteiger partial charge in [-0.25, -0.2) is 9.78 Å². The number of hydrogen-bond donors (Lipinski definition) is 0. The van der Waals surface area contributed by atoms with Crippen molar-refractivity contribution in [2.24, 2.45) is 0 Å². The number of ether oxygens (including phenoxy) is 2. The van der Waals surface area contributed by atoms with Crippen LogP contribution in [0.15, 0.2) is 42.6 Å². The second-order valence-electron chi connectivity index (χ2n) is 3.44. The smallest absolute Gasteiger partial charge is 0.339 e. The summed E-state index contributed by atoms with van der Waals surface area (Å²) in [5.41, 5.74) is 0.371. The number of carbonyl (C=O) groups excluding carboxylic acids is 1. The van der Waals surface area contributed by atoms with Crippen LogP contribution < -0.4 is 4.74 Å². The molecule has 0 saturated carbocycles. The maximum atomic E-state index is 11.2. The van der Waals surface area contributed by atoms with Crippen LogP contribution in [0.4, 0.5) is 0 Å². The standard InChI is InChI=1S/C13H10ClNO3/c1-17-13(16)9-5-6-12(15-8-9)18-11-4-2-3-10(14)7-11/h2-8H,1H3. The third kappa shape index (κ3) is 2.99. The maximum absolute atomic E-state index is 11.2. The number of pyridine rings is 1. The first-order valence-corrected chi connectivity index (χ1v) is 5.54. The average molecular weight is 264 g/mol. The van der Waals surface area contributed by atoms with Crippen LogP contribution in [0.3, 0.4) is 0 Å². The molecule has 0 amide bonds. The van der Waals surface area contributed by atoms with Gasteiger partial charge in [-0.3, -0.25) is 0 Å². The molecule has 0 saturated heterocycles. The number of hydrogen-bond acceptors (Lipinski definition) is 4. The first-order valence-electron chi connectivity index (χ1n) is 5.17. The van der Waals surface area contributed by atoms with Crippen molar-refractivity contribution in [2.75, 3.05) is 7.11 Å². The van der Waals surface area contributed by atoms with Gasteiger partial charge in [0, 0.05) is 17.3 Å². The maximum Gasteiger partial charge on any atom is 0.339 e. The highest BCUT2D eigenvalue weighted by Crippen LogP contribution is 2.22. The van der Waals surface area contributed by atoms with E-state index in [1.54, 1.807) is 36.4 Å². The molecule has 4 nitrogen and oxygen atoms in total. The molecule has 0 aliphatic carbocycles. The van der Waals surface area contributed by atoms with Crippen molar-refractivity contribution in [1.29, 1.82) is 0 Å². The Morgan fingerprint density at radius 2 is 2.11 bits per heavy atom. The van der Waals surface area contributed by atoms with Gasteiger partial charge in [-0.2, -0.15) is 0 Å². The second-order valence-corrected chi connectivity index (χ2v) is 3.87. The number of halogens is 1. The van der Waals surface area contributed by atoms with Crippen molar-refractivity contribution >= 4 is 17.6 Å². The van der Waals surface area contributed by atoms with Gasteiger partial charge in [-0.05, 0) is 24.3 Å². The minimum absolute atomic E-state index is 0.371. The summed E-state index contributed by atoms with van der Waals surface area (Å²) in [5, 5.41) is 0.582. The number of carbonyl (C=O) groups is 1. The van der Waals surface area contributed by atoms with Crippen molar-refractivity contribution < 1.29 is 14.3 Å². The number of nitrogens with zero attached hydrogens (tertiary/aromatic N) is 1. The van der Waals surface area contributed by atoms with Gasteiger partial charge in [0.25, 0.3) is 0 Å². The summed E-state index contributed by atoms with van der Waals surface area (Å²) in [6, 6.07) is 10.1. The van der Waals surface area contributed by atoms with Crippen LogP contribution in [0.5, 0.6) is 11.6 Å². The Kier molecular flexibility index (Phi) is 3.79. The summed E-state index contributed by atoms with van der Waals surface area (Å²) in [5.74, 6) is 0.530. The third-order valence-corrected chi connectivity index (χ3v) is 2.41. The van der Waals surface area contributed by atoms with Crippen LogP contribution in [0.2, 0.25) is 5.02 Å². The van der Waals surface area contributed by atoms with Crippen molar-refractivity contribution in [1.82, 2.24) is 4.98 Å². The van der Waals surface area contributed by atoms with E-state index in [1.807, 2.05) is 0 Å². The minimum Gasteiger partial charge on any atom is -0.465 e. The Balaban J connectivity index is 2.13. The molecular formula is C13H10ClNO3. The largest absolute Gasteiger partial charge is 0.465 e. The molecule has 1 aromatic carbocycles. The lowest BCUT2D eigenvalue weighted by molar-refractivity contribution is 0.0600. The Hall–Kier alpha value is -2.07. The van der Waals surface area contributed by atoms with E-state index in [1.165, 1.54) is 13.3 Å². The molecule has 18 heavy (non-hydrogen) atoms. The molecule has 5 heteroatoms. The van der Waals surface area contributed by atoms with Gasteiger partial charge in [0.15, 0.2) is 0 Å². The van der Waals surface area contributed by atoms with Crippen LogP contribution in [-0.2, 0) is 4.74 Å². The number of rotatable bonds is 3. The lowest BCUT2D eigenvalue weighted by atomic mass is 10.3. The molecule has 0 N–H and O–H groups in total. The fourth-order valence-electron chi connectivity index (χ4n) is 1.33. The first kappa shape index (κ1) is 12.4. The minimum atomic E-state index is -0.434. The number of aromatic nitrogens is 1. The monoisotopic (exact) mass is 263 g/mol. The summed E-state index contributed by atoms with van der Waals surface area (Å²) >= 11 is 5.84. The quantitative estimate of drug-likeness (QED) is 0.797. The Morgan fingerprint density at radius 1 is 1.28 bits per heavy atom. The van der Waals surface area contributed by atoms with E-state index in [0.29, 0.717) is 22.2 Å². The summed E-state index contributed by atoms with van der Waals surface area (Å²) in [6.07, 6.45) is 1.39. The van der Waals surface area contributed by atoms with Gasteiger partial charge in [0.05, 0.1) is 12.7 Å². The Morgan fingerprint density at radius 3 is 2.72 bits per heavy atom. The molecule has 1 heterocycles. The zero-order valence-corrected chi connectivity index (χ0v) is 10.3. The van der Waals surface area contributed by atoms with Gasteiger partial charge in [-0.15, -0.1) is 0 Å². The predicted molar refractivity (Wildman–Crippen MR) is 67.1 cm³/mol. The van der Waals surface area contributed by atoms with Crippen molar-refractivity contribution in [3.8, 4) is 11.6 Å². The van der Waals surface area contributed by atoms with E-state index in [2.05, 4.69) is 9.72 Å². The summed E-state index contributed by atoms with van der Waals surface area (Å²) < 4.78 is 10.1. The van der Waals surface area contributed by atoms with E-state index in [9.17, 15) is 4.79 Å². The fraction of sp³-hybridized carbons (Fsp3) is 0.0769. The van der Waals surface area contributed by atoms with E-state index in [4.69, 9.17) is 16.3 Å². The SMILES string of the molecule is COC(=O)c1ccc(Oc2cccc(Cl)c2)nc1. The van der Waals surface area contributed by atoms with Crippen molar-refractivity contribution in [2.45, 2.75) is 0 Å². The molecule has 0 radical (unpaired) electrons. The van der Waals surface area contributed by atoms with Gasteiger partial charge >= 0.3 is 5.97 Å². The predicted octanol–water partition coefficient (Wildman–Crippen LogP) is 3.31. The summed E-state index contributed by atoms with van der Waals surface area (Å²) in [4.78, 5) is 15.2. The van der Waals surface area contributed by atoms with Crippen LogP contribution in [0.25, 0.3) is 0 Å². The average Bonchev–Trinajstić information content (AvgIpc) is 2.39. The number of esters is 1. The molecule has 0 unspecified atom stereocenters. The normalized spacial score (nSPS) is 9.89. The molecule has 0 fully saturated rings. The van der Waals surface area contributed by atoms with Crippen molar-refractivity contribution in [3.05, 3.63) is 53.2 Å². The van der Waals surface area contributed by atoms with Gasteiger partial charge in [0.2, 0.25) is 5.88 Å². The fourth-order valence-corrected chi connectivity index (χ4v) is 1.51. The highest BCUT2D eigenvalue weighted by Gasteiger charge is 2.06. The first-order chi connectivity index (χ1) is 8.69. The molecule has 0 bridgehead atoms. The molecule has 1 aromatic heterocycles. The summed E-state index contributed by atoms with van der Waals surface area (Å²) in [6.45, 7) is 0.